The average Bonchev–Trinajstić information content (AvgIpc) is 2.65. The van der Waals surface area contributed by atoms with Gasteiger partial charge in [0.1, 0.15) is 17.1 Å². The Balaban J connectivity index is 2.03. The van der Waals surface area contributed by atoms with Crippen LogP contribution in [0.4, 0.5) is 5.69 Å². The maximum absolute atomic E-state index is 12.1. The van der Waals surface area contributed by atoms with Crippen molar-refractivity contribution in [2.75, 3.05) is 19.5 Å². The van der Waals surface area contributed by atoms with Crippen LogP contribution in [-0.2, 0) is 6.54 Å². The molecule has 0 radical (unpaired) electrons. The van der Waals surface area contributed by atoms with Crippen molar-refractivity contribution < 1.29 is 13.9 Å². The molecule has 0 saturated heterocycles. The maximum Gasteiger partial charge on any atom is 0.336 e. The van der Waals surface area contributed by atoms with Crippen LogP contribution in [0.1, 0.15) is 36.5 Å². The van der Waals surface area contributed by atoms with Gasteiger partial charge in [0.15, 0.2) is 0 Å². The van der Waals surface area contributed by atoms with E-state index in [1.165, 1.54) is 11.6 Å². The molecule has 5 nitrogen and oxygen atoms in total. The van der Waals surface area contributed by atoms with E-state index in [0.29, 0.717) is 34.6 Å². The van der Waals surface area contributed by atoms with Crippen molar-refractivity contribution in [1.82, 2.24) is 0 Å². The molecule has 28 heavy (non-hydrogen) atoms. The van der Waals surface area contributed by atoms with Gasteiger partial charge in [0, 0.05) is 30.1 Å². The highest BCUT2D eigenvalue weighted by Gasteiger charge is 2.13. The molecule has 0 aliphatic carbocycles. The van der Waals surface area contributed by atoms with Crippen molar-refractivity contribution in [3.63, 3.8) is 0 Å². The number of anilines is 1. The Bertz CT molecular complexity index is 1070. The summed E-state index contributed by atoms with van der Waals surface area (Å²) in [7, 11) is 3.14. The first-order valence-corrected chi connectivity index (χ1v) is 9.44. The monoisotopic (exact) mass is 401 g/mol. The number of hydrogen-bond donors (Lipinski definition) is 1. The van der Waals surface area contributed by atoms with Gasteiger partial charge in [-0.05, 0) is 41.7 Å². The van der Waals surface area contributed by atoms with E-state index in [4.69, 9.17) is 25.5 Å². The second kappa shape index (κ2) is 8.15. The molecule has 0 saturated carbocycles. The minimum absolute atomic E-state index is 0.373. The lowest BCUT2D eigenvalue weighted by molar-refractivity contribution is 0.404. The van der Waals surface area contributed by atoms with Crippen LogP contribution in [0.5, 0.6) is 11.5 Å². The summed E-state index contributed by atoms with van der Waals surface area (Å²) in [6, 6.07) is 9.03. The number of rotatable bonds is 6. The van der Waals surface area contributed by atoms with Crippen LogP contribution < -0.4 is 20.4 Å². The summed E-state index contributed by atoms with van der Waals surface area (Å²) in [5, 5.41) is 4.70. The molecule has 1 heterocycles. The minimum atomic E-state index is -0.373. The first-order valence-electron chi connectivity index (χ1n) is 9.06. The number of ether oxygens (including phenoxy) is 2. The predicted octanol–water partition coefficient (Wildman–Crippen LogP) is 5.51. The number of fused-ring (bicyclic) bond motifs is 1. The van der Waals surface area contributed by atoms with Gasteiger partial charge in [-0.25, -0.2) is 4.79 Å². The highest BCUT2D eigenvalue weighted by Crippen LogP contribution is 2.36. The third-order valence-electron chi connectivity index (χ3n) is 4.78. The SMILES string of the molecule is COc1cc(NCc2cc(=O)oc3cc(C)c(C(C)C)cc23)c(OC)cc1Cl. The van der Waals surface area contributed by atoms with E-state index < -0.39 is 0 Å². The van der Waals surface area contributed by atoms with Crippen LogP contribution in [-0.4, -0.2) is 14.2 Å². The highest BCUT2D eigenvalue weighted by molar-refractivity contribution is 6.32. The van der Waals surface area contributed by atoms with Crippen molar-refractivity contribution in [3.05, 3.63) is 62.5 Å². The Kier molecular flexibility index (Phi) is 5.84. The molecule has 0 aliphatic heterocycles. The highest BCUT2D eigenvalue weighted by atomic mass is 35.5. The van der Waals surface area contributed by atoms with Crippen molar-refractivity contribution in [2.24, 2.45) is 0 Å². The number of aryl methyl sites for hydroxylation is 1. The quantitative estimate of drug-likeness (QED) is 0.552. The van der Waals surface area contributed by atoms with E-state index >= 15 is 0 Å². The molecular weight excluding hydrogens is 378 g/mol. The fourth-order valence-electron chi connectivity index (χ4n) is 3.35. The number of nitrogens with one attached hydrogen (secondary N) is 1. The van der Waals surface area contributed by atoms with Gasteiger partial charge in [0.05, 0.1) is 24.9 Å². The lowest BCUT2D eigenvalue weighted by Gasteiger charge is -2.16. The number of methoxy groups -OCH3 is 2. The van der Waals surface area contributed by atoms with Crippen LogP contribution >= 0.6 is 11.6 Å². The van der Waals surface area contributed by atoms with Crippen LogP contribution in [0.15, 0.2) is 39.5 Å². The zero-order valence-corrected chi connectivity index (χ0v) is 17.4. The Morgan fingerprint density at radius 3 is 2.43 bits per heavy atom. The van der Waals surface area contributed by atoms with Gasteiger partial charge < -0.3 is 19.2 Å². The first kappa shape index (κ1) is 20.1. The number of halogens is 1. The summed E-state index contributed by atoms with van der Waals surface area (Å²) in [5.74, 6) is 1.51. The van der Waals surface area contributed by atoms with Crippen LogP contribution in [0.3, 0.4) is 0 Å². The lowest BCUT2D eigenvalue weighted by Crippen LogP contribution is -2.07. The molecule has 0 unspecified atom stereocenters. The van der Waals surface area contributed by atoms with E-state index in [1.54, 1.807) is 26.4 Å². The van der Waals surface area contributed by atoms with Gasteiger partial charge in [-0.1, -0.05) is 25.4 Å². The van der Waals surface area contributed by atoms with E-state index in [2.05, 4.69) is 25.2 Å². The number of hydrogen-bond acceptors (Lipinski definition) is 5. The first-order chi connectivity index (χ1) is 13.3. The number of benzene rings is 2. The van der Waals surface area contributed by atoms with E-state index in [9.17, 15) is 4.79 Å². The third-order valence-corrected chi connectivity index (χ3v) is 5.08. The third kappa shape index (κ3) is 3.94. The molecular formula is C22H24ClNO4. The molecule has 0 bridgehead atoms. The van der Waals surface area contributed by atoms with Crippen LogP contribution in [0.25, 0.3) is 11.0 Å². The van der Waals surface area contributed by atoms with Crippen LogP contribution in [0, 0.1) is 6.92 Å². The Labute approximate surface area is 169 Å². The zero-order valence-electron chi connectivity index (χ0n) is 16.7. The van der Waals surface area contributed by atoms with Gasteiger partial charge in [-0.15, -0.1) is 0 Å². The molecule has 3 rings (SSSR count). The standard InChI is InChI=1S/C22H24ClNO4/c1-12(2)15-8-16-14(7-22(25)28-19(16)6-13(15)3)11-24-18-10-20(26-4)17(23)9-21(18)27-5/h6-10,12,24H,11H2,1-5H3. The molecule has 1 N–H and O–H groups in total. The molecule has 3 aromatic rings. The largest absolute Gasteiger partial charge is 0.495 e. The smallest absolute Gasteiger partial charge is 0.336 e. The molecule has 0 atom stereocenters. The van der Waals surface area contributed by atoms with Gasteiger partial charge >= 0.3 is 5.63 Å². The molecule has 0 aliphatic rings. The second-order valence-electron chi connectivity index (χ2n) is 6.99. The summed E-state index contributed by atoms with van der Waals surface area (Å²) in [5.41, 5.74) is 4.13. The van der Waals surface area contributed by atoms with Crippen LogP contribution in [0.2, 0.25) is 5.02 Å². The summed E-state index contributed by atoms with van der Waals surface area (Å²) in [6.07, 6.45) is 0. The molecule has 2 aromatic carbocycles. The van der Waals surface area contributed by atoms with Crippen molar-refractivity contribution >= 4 is 28.3 Å². The fourth-order valence-corrected chi connectivity index (χ4v) is 3.58. The summed E-state index contributed by atoms with van der Waals surface area (Å²) >= 11 is 6.17. The summed E-state index contributed by atoms with van der Waals surface area (Å²) in [4.78, 5) is 12.1. The van der Waals surface area contributed by atoms with Crippen molar-refractivity contribution in [2.45, 2.75) is 33.2 Å². The Hall–Kier alpha value is -2.66. The van der Waals surface area contributed by atoms with Crippen molar-refractivity contribution in [3.8, 4) is 11.5 Å². The maximum atomic E-state index is 12.1. The van der Waals surface area contributed by atoms with Gasteiger partial charge in [-0.3, -0.25) is 0 Å². The zero-order chi connectivity index (χ0) is 20.4. The minimum Gasteiger partial charge on any atom is -0.495 e. The van der Waals surface area contributed by atoms with Gasteiger partial charge in [0.2, 0.25) is 0 Å². The van der Waals surface area contributed by atoms with E-state index in [0.717, 1.165) is 22.2 Å². The molecule has 1 aromatic heterocycles. The normalized spacial score (nSPS) is 11.1. The molecule has 0 amide bonds. The van der Waals surface area contributed by atoms with Gasteiger partial charge in [-0.2, -0.15) is 0 Å². The topological polar surface area (TPSA) is 60.7 Å². The molecule has 6 heteroatoms. The second-order valence-corrected chi connectivity index (χ2v) is 7.40. The van der Waals surface area contributed by atoms with E-state index in [1.807, 2.05) is 13.0 Å². The predicted molar refractivity (Wildman–Crippen MR) is 113 cm³/mol. The average molecular weight is 402 g/mol. The summed E-state index contributed by atoms with van der Waals surface area (Å²) < 4.78 is 16.1. The van der Waals surface area contributed by atoms with E-state index in [-0.39, 0.29) is 5.63 Å². The molecule has 148 valence electrons. The van der Waals surface area contributed by atoms with Gasteiger partial charge in [0.25, 0.3) is 0 Å². The molecule has 0 spiro atoms. The fraction of sp³-hybridized carbons (Fsp3) is 0.318. The molecule has 0 fully saturated rings. The Morgan fingerprint density at radius 1 is 1.07 bits per heavy atom. The van der Waals surface area contributed by atoms with Crippen molar-refractivity contribution in [1.29, 1.82) is 0 Å². The Morgan fingerprint density at radius 2 is 1.79 bits per heavy atom. The summed E-state index contributed by atoms with van der Waals surface area (Å²) in [6.45, 7) is 6.75. The lowest BCUT2D eigenvalue weighted by atomic mass is 9.95.